The SMILES string of the molecule is CCCCCCCCCC/C=C\CCCCCCCCCCCCCCCCCCCCCCCCCCCC(=O)OC(COC(=O)CCCCCCCCCCCCCCCCCCCCCCCCCCCCC)COC(OCC[N+](C)(C)C)C(=O)O. The Hall–Kier alpha value is -1.97. The molecule has 528 valence electrons. The molecule has 0 aromatic heterocycles. The lowest BCUT2D eigenvalue weighted by molar-refractivity contribution is -0.870. The van der Waals surface area contributed by atoms with E-state index in [0.29, 0.717) is 17.4 Å². The molecule has 0 saturated heterocycles. The highest BCUT2D eigenvalue weighted by atomic mass is 16.7. The van der Waals surface area contributed by atoms with Gasteiger partial charge in [0.25, 0.3) is 6.29 Å². The Labute approximate surface area is 555 Å². The van der Waals surface area contributed by atoms with Gasteiger partial charge in [-0.05, 0) is 38.5 Å². The monoisotopic (exact) mass is 1260 g/mol. The van der Waals surface area contributed by atoms with E-state index in [1.54, 1.807) is 0 Å². The maximum atomic E-state index is 13.0. The third-order valence-corrected chi connectivity index (χ3v) is 18.5. The van der Waals surface area contributed by atoms with Crippen molar-refractivity contribution in [3.8, 4) is 0 Å². The predicted molar refractivity (Wildman–Crippen MR) is 383 cm³/mol. The van der Waals surface area contributed by atoms with Crippen molar-refractivity contribution < 1.29 is 42.9 Å². The summed E-state index contributed by atoms with van der Waals surface area (Å²) in [5, 5.41) is 9.77. The molecule has 89 heavy (non-hydrogen) atoms. The molecule has 0 bridgehead atoms. The van der Waals surface area contributed by atoms with Crippen molar-refractivity contribution >= 4 is 17.9 Å². The zero-order valence-corrected chi connectivity index (χ0v) is 60.6. The largest absolute Gasteiger partial charge is 0.477 e. The number of aliphatic carboxylic acids is 1. The van der Waals surface area contributed by atoms with Gasteiger partial charge in [0.05, 0.1) is 34.4 Å². The van der Waals surface area contributed by atoms with Crippen LogP contribution in [-0.2, 0) is 33.3 Å². The number of allylic oxidation sites excluding steroid dienone is 2. The smallest absolute Gasteiger partial charge is 0.361 e. The maximum absolute atomic E-state index is 13.0. The van der Waals surface area contributed by atoms with Crippen LogP contribution < -0.4 is 0 Å². The Kier molecular flexibility index (Phi) is 70.3. The third kappa shape index (κ3) is 73.3. The van der Waals surface area contributed by atoms with Gasteiger partial charge in [-0.25, -0.2) is 4.79 Å². The predicted octanol–water partition coefficient (Wildman–Crippen LogP) is 25.2. The average molecular weight is 1260 g/mol. The number of rotatable bonds is 76. The van der Waals surface area contributed by atoms with Crippen molar-refractivity contribution in [3.05, 3.63) is 12.2 Å². The molecule has 0 rings (SSSR count). The van der Waals surface area contributed by atoms with E-state index in [-0.39, 0.29) is 38.2 Å². The quantitative estimate of drug-likeness (QED) is 0.0211. The number of carboxylic acid groups (broad SMARTS) is 1. The first kappa shape index (κ1) is 87.0. The molecule has 0 spiro atoms. The van der Waals surface area contributed by atoms with Crippen molar-refractivity contribution in [1.82, 2.24) is 0 Å². The summed E-state index contributed by atoms with van der Waals surface area (Å²) in [4.78, 5) is 37.7. The average Bonchev–Trinajstić information content (AvgIpc) is 3.70. The van der Waals surface area contributed by atoms with Crippen LogP contribution in [0.3, 0.4) is 0 Å². The maximum Gasteiger partial charge on any atom is 0.361 e. The molecule has 0 fully saturated rings. The summed E-state index contributed by atoms with van der Waals surface area (Å²) >= 11 is 0. The van der Waals surface area contributed by atoms with Gasteiger partial charge >= 0.3 is 17.9 Å². The summed E-state index contributed by atoms with van der Waals surface area (Å²) in [6.07, 6.45) is 86.6. The van der Waals surface area contributed by atoms with Crippen molar-refractivity contribution in [2.75, 3.05) is 47.5 Å². The molecule has 0 aliphatic rings. The number of hydrogen-bond acceptors (Lipinski definition) is 7. The fourth-order valence-corrected chi connectivity index (χ4v) is 12.4. The molecule has 0 amide bonds. The number of hydrogen-bond donors (Lipinski definition) is 1. The summed E-state index contributed by atoms with van der Waals surface area (Å²) < 4.78 is 23.1. The molecule has 0 aliphatic carbocycles. The van der Waals surface area contributed by atoms with E-state index in [4.69, 9.17) is 18.9 Å². The minimum absolute atomic E-state index is 0.173. The summed E-state index contributed by atoms with van der Waals surface area (Å²) in [7, 11) is 6.00. The first-order chi connectivity index (χ1) is 43.6. The second kappa shape index (κ2) is 71.9. The topological polar surface area (TPSA) is 108 Å². The van der Waals surface area contributed by atoms with Gasteiger partial charge in [-0.2, -0.15) is 0 Å². The van der Waals surface area contributed by atoms with Crippen LogP contribution in [0.2, 0.25) is 0 Å². The minimum Gasteiger partial charge on any atom is -0.477 e. The Morgan fingerprint density at radius 1 is 0.326 bits per heavy atom. The lowest BCUT2D eigenvalue weighted by atomic mass is 10.0. The van der Waals surface area contributed by atoms with Gasteiger partial charge < -0.3 is 28.5 Å². The standard InChI is InChI=1S/C80H155NO8/c1-6-8-10-12-14-16-18-20-22-24-26-28-30-32-34-35-36-37-38-39-40-41-42-43-45-47-49-51-53-55-57-59-61-63-65-67-69-71-78(83)89-76(75-88-80(79(84)85)86-73-72-81(3,4)5)74-87-77(82)70-68-66-64-62-60-58-56-54-52-50-48-46-44-33-31-29-27-25-23-21-19-17-15-13-11-9-7-2/h24,26,76,80H,6-23,25,27-75H2,1-5H3/p+1/b26-24-. The first-order valence-corrected chi connectivity index (χ1v) is 39.9. The van der Waals surface area contributed by atoms with Gasteiger partial charge in [0, 0.05) is 12.8 Å². The van der Waals surface area contributed by atoms with Crippen LogP contribution in [0.1, 0.15) is 425 Å². The zero-order chi connectivity index (χ0) is 64.7. The molecule has 1 N–H and O–H groups in total. The van der Waals surface area contributed by atoms with Gasteiger partial charge in [-0.3, -0.25) is 9.59 Å². The van der Waals surface area contributed by atoms with Gasteiger partial charge in [0.1, 0.15) is 13.2 Å². The molecule has 0 aromatic rings. The highest BCUT2D eigenvalue weighted by Crippen LogP contribution is 2.20. The summed E-state index contributed by atoms with van der Waals surface area (Å²) in [6, 6.07) is 0. The highest BCUT2D eigenvalue weighted by molar-refractivity contribution is 5.71. The second-order valence-electron chi connectivity index (χ2n) is 28.7. The fourth-order valence-electron chi connectivity index (χ4n) is 12.4. The molecule has 0 saturated carbocycles. The first-order valence-electron chi connectivity index (χ1n) is 39.9. The Morgan fingerprint density at radius 3 is 0.831 bits per heavy atom. The fraction of sp³-hybridized carbons (Fsp3) is 0.938. The number of likely N-dealkylation sites (N-methyl/N-ethyl adjacent to an activating group) is 1. The van der Waals surface area contributed by atoms with E-state index in [9.17, 15) is 19.5 Å². The van der Waals surface area contributed by atoms with Crippen LogP contribution >= 0.6 is 0 Å². The van der Waals surface area contributed by atoms with Crippen LogP contribution in [0.5, 0.6) is 0 Å². The van der Waals surface area contributed by atoms with Crippen LogP contribution in [0.25, 0.3) is 0 Å². The number of carbonyl (C=O) groups excluding carboxylic acids is 2. The Bertz CT molecular complexity index is 1460. The third-order valence-electron chi connectivity index (χ3n) is 18.5. The molecular formula is C80H156NO8+. The molecule has 2 atom stereocenters. The summed E-state index contributed by atoms with van der Waals surface area (Å²) in [5.74, 6) is -1.96. The number of nitrogens with zero attached hydrogens (tertiary/aromatic N) is 1. The molecule has 2 unspecified atom stereocenters. The van der Waals surface area contributed by atoms with Crippen LogP contribution in [0.4, 0.5) is 0 Å². The zero-order valence-electron chi connectivity index (χ0n) is 60.6. The van der Waals surface area contributed by atoms with Crippen molar-refractivity contribution in [1.29, 1.82) is 0 Å². The van der Waals surface area contributed by atoms with Gasteiger partial charge in [-0.1, -0.05) is 386 Å². The van der Waals surface area contributed by atoms with Crippen molar-refractivity contribution in [3.63, 3.8) is 0 Å². The van der Waals surface area contributed by atoms with E-state index in [1.165, 1.54) is 360 Å². The van der Waals surface area contributed by atoms with E-state index in [0.717, 1.165) is 38.5 Å². The van der Waals surface area contributed by atoms with E-state index in [1.807, 2.05) is 21.1 Å². The molecule has 0 aromatic carbocycles. The molecule has 0 aliphatic heterocycles. The number of esters is 2. The van der Waals surface area contributed by atoms with E-state index < -0.39 is 18.4 Å². The van der Waals surface area contributed by atoms with Crippen LogP contribution in [0.15, 0.2) is 12.2 Å². The number of carboxylic acids is 1. The summed E-state index contributed by atoms with van der Waals surface area (Å²) in [5.41, 5.74) is 0. The van der Waals surface area contributed by atoms with Gasteiger partial charge in [0.2, 0.25) is 0 Å². The molecule has 9 heteroatoms. The van der Waals surface area contributed by atoms with Gasteiger partial charge in [-0.15, -0.1) is 0 Å². The number of ether oxygens (including phenoxy) is 4. The summed E-state index contributed by atoms with van der Waals surface area (Å²) in [6.45, 7) is 4.97. The van der Waals surface area contributed by atoms with Crippen molar-refractivity contribution in [2.24, 2.45) is 0 Å². The number of unbranched alkanes of at least 4 members (excludes halogenated alkanes) is 59. The van der Waals surface area contributed by atoms with Crippen molar-refractivity contribution in [2.45, 2.75) is 437 Å². The Morgan fingerprint density at radius 2 is 0.573 bits per heavy atom. The highest BCUT2D eigenvalue weighted by Gasteiger charge is 2.25. The molecule has 0 heterocycles. The van der Waals surface area contributed by atoms with E-state index >= 15 is 0 Å². The molecular weight excluding hydrogens is 1100 g/mol. The number of carbonyl (C=O) groups is 3. The van der Waals surface area contributed by atoms with Crippen LogP contribution in [0, 0.1) is 0 Å². The lowest BCUT2D eigenvalue weighted by Crippen LogP contribution is -2.40. The molecule has 9 nitrogen and oxygen atoms in total. The minimum atomic E-state index is -1.51. The Balaban J connectivity index is 3.95. The second-order valence-corrected chi connectivity index (χ2v) is 28.7. The number of quaternary nitrogens is 1. The normalized spacial score (nSPS) is 12.6. The van der Waals surface area contributed by atoms with Crippen LogP contribution in [-0.4, -0.2) is 87.4 Å². The lowest BCUT2D eigenvalue weighted by Gasteiger charge is -2.25. The molecule has 0 radical (unpaired) electrons. The van der Waals surface area contributed by atoms with Gasteiger partial charge in [0.15, 0.2) is 6.10 Å². The van der Waals surface area contributed by atoms with E-state index in [2.05, 4.69) is 26.0 Å².